The van der Waals surface area contributed by atoms with Gasteiger partial charge in [-0.15, -0.1) is 0 Å². The third-order valence-corrected chi connectivity index (χ3v) is 10.1. The van der Waals surface area contributed by atoms with Crippen molar-refractivity contribution >= 4 is 21.9 Å². The van der Waals surface area contributed by atoms with Crippen molar-refractivity contribution in [2.24, 2.45) is 0 Å². The molecule has 9 rings (SSSR count). The van der Waals surface area contributed by atoms with E-state index in [1.165, 1.54) is 42.9 Å². The summed E-state index contributed by atoms with van der Waals surface area (Å²) in [6, 6.07) is 38.3. The van der Waals surface area contributed by atoms with Crippen LogP contribution >= 0.6 is 0 Å². The lowest BCUT2D eigenvalue weighted by molar-refractivity contribution is 0.580. The van der Waals surface area contributed by atoms with Crippen molar-refractivity contribution < 1.29 is 25.3 Å². The van der Waals surface area contributed by atoms with Gasteiger partial charge in [-0.3, -0.25) is 15.0 Å². The average Bonchev–Trinajstić information content (AvgIpc) is 3.74. The lowest BCUT2D eigenvalue weighted by Gasteiger charge is -2.24. The number of para-hydroxylation sites is 1. The monoisotopic (exact) mass is 797 g/mol. The molecule has 60 heavy (non-hydrogen) atoms. The van der Waals surface area contributed by atoms with Gasteiger partial charge in [0, 0.05) is 68.6 Å². The molecular formula is C55H48FN3O. The number of fused-ring (bicyclic) bond motifs is 3. The molecule has 5 aromatic carbocycles. The molecule has 0 aliphatic rings. The van der Waals surface area contributed by atoms with Gasteiger partial charge in [-0.05, 0) is 119 Å². The van der Waals surface area contributed by atoms with E-state index in [0.717, 1.165) is 29.3 Å². The Bertz CT molecular complexity index is 3340. The molecular weight excluding hydrogens is 738 g/mol. The van der Waals surface area contributed by atoms with Crippen LogP contribution in [-0.2, 0) is 43.7 Å². The van der Waals surface area contributed by atoms with E-state index in [-0.39, 0.29) is 16.7 Å². The minimum Gasteiger partial charge on any atom is -0.455 e. The topological polar surface area (TPSA) is 51.8 Å². The van der Waals surface area contributed by atoms with Crippen molar-refractivity contribution in [2.75, 3.05) is 0 Å². The van der Waals surface area contributed by atoms with Gasteiger partial charge in [0.1, 0.15) is 17.0 Å². The maximum atomic E-state index is 14.3. The van der Waals surface area contributed by atoms with Crippen LogP contribution in [0.4, 0.5) is 4.39 Å². The predicted molar refractivity (Wildman–Crippen MR) is 244 cm³/mol. The van der Waals surface area contributed by atoms with E-state index in [1.807, 2.05) is 87.5 Å². The molecule has 0 N–H and O–H groups in total. The molecule has 9 aromatic rings. The first-order valence-corrected chi connectivity index (χ1v) is 19.6. The smallest absolute Gasteiger partial charge is 0.144 e. The van der Waals surface area contributed by atoms with Crippen molar-refractivity contribution in [1.29, 1.82) is 0 Å². The summed E-state index contributed by atoms with van der Waals surface area (Å²) < 4.78 is 134. The highest BCUT2D eigenvalue weighted by Gasteiger charge is 2.22. The molecule has 0 spiro atoms. The molecule has 4 nitrogen and oxygen atoms in total. The van der Waals surface area contributed by atoms with E-state index in [4.69, 9.17) is 4.42 Å². The highest BCUT2D eigenvalue weighted by Crippen LogP contribution is 2.37. The number of furan rings is 1. The molecule has 0 saturated carbocycles. The zero-order valence-electron chi connectivity index (χ0n) is 45.2. The van der Waals surface area contributed by atoms with Gasteiger partial charge in [0.15, 0.2) is 0 Å². The number of aryl methyl sites for hydroxylation is 6. The summed E-state index contributed by atoms with van der Waals surface area (Å²) >= 11 is 0. The van der Waals surface area contributed by atoms with Gasteiger partial charge in [-0.25, -0.2) is 4.39 Å². The minimum atomic E-state index is -3.16. The van der Waals surface area contributed by atoms with Crippen molar-refractivity contribution in [1.82, 2.24) is 15.0 Å². The van der Waals surface area contributed by atoms with E-state index in [2.05, 4.69) is 15.0 Å². The van der Waals surface area contributed by atoms with Crippen LogP contribution in [0.3, 0.4) is 0 Å². The summed E-state index contributed by atoms with van der Waals surface area (Å²) in [6.45, 7) is 5.46. The van der Waals surface area contributed by atoms with Gasteiger partial charge in [-0.2, -0.15) is 0 Å². The quantitative estimate of drug-likeness (QED) is 0.124. The van der Waals surface area contributed by atoms with Gasteiger partial charge < -0.3 is 4.42 Å². The van der Waals surface area contributed by atoms with E-state index in [0.29, 0.717) is 50.1 Å². The molecule has 0 amide bonds. The Hall–Kier alpha value is -6.72. The standard InChI is InChI=1S/C55H48FN3O/c1-55(2,3)49-33-52(48-16-10-15-47-46-26-25-45(56)32-53(46)60-54(47)48)59-36-44(49)24-21-41-30-39(19-17-37-22-27-50(57-34-37)42-11-6-4-7-12-42)29-40(31-41)20-18-38-23-28-51(58-35-38)43-13-8-5-9-14-43/h4-16,22-23,25-36H,17-21,24H2,1-3H3/i17D2,18D2,19D2,20D2,21D2,24D2. The normalized spacial score (nSPS) is 16.1. The second-order valence-corrected chi connectivity index (χ2v) is 15.4. The number of rotatable bonds is 12. The minimum absolute atomic E-state index is 0.180. The van der Waals surface area contributed by atoms with Crippen LogP contribution in [0.1, 0.15) is 76.2 Å². The van der Waals surface area contributed by atoms with E-state index >= 15 is 0 Å². The third-order valence-electron chi connectivity index (χ3n) is 10.1. The van der Waals surface area contributed by atoms with Crippen LogP contribution in [0, 0.1) is 5.82 Å². The van der Waals surface area contributed by atoms with E-state index < -0.39 is 66.2 Å². The molecule has 4 aromatic heterocycles. The first-order valence-electron chi connectivity index (χ1n) is 25.6. The summed E-state index contributed by atoms with van der Waals surface area (Å²) in [5.74, 6) is -0.475. The molecule has 0 aliphatic heterocycles. The molecule has 0 bridgehead atoms. The number of hydrogen-bond acceptors (Lipinski definition) is 4. The Morgan fingerprint density at radius 2 is 1.05 bits per heavy atom. The van der Waals surface area contributed by atoms with Crippen molar-refractivity contribution in [3.05, 3.63) is 209 Å². The predicted octanol–water partition coefficient (Wildman–Crippen LogP) is 13.6. The Kier molecular flexibility index (Phi) is 7.62. The highest BCUT2D eigenvalue weighted by atomic mass is 19.1. The second-order valence-electron chi connectivity index (χ2n) is 15.4. The van der Waals surface area contributed by atoms with Gasteiger partial charge in [-0.1, -0.05) is 124 Å². The summed E-state index contributed by atoms with van der Waals surface area (Å²) in [7, 11) is 0. The highest BCUT2D eigenvalue weighted by molar-refractivity contribution is 6.09. The van der Waals surface area contributed by atoms with Gasteiger partial charge in [0.2, 0.25) is 0 Å². The van der Waals surface area contributed by atoms with Crippen LogP contribution in [0.15, 0.2) is 169 Å². The van der Waals surface area contributed by atoms with Crippen LogP contribution in [0.5, 0.6) is 0 Å². The van der Waals surface area contributed by atoms with Crippen molar-refractivity contribution in [3.8, 4) is 33.8 Å². The maximum Gasteiger partial charge on any atom is 0.144 e. The maximum absolute atomic E-state index is 14.3. The summed E-state index contributed by atoms with van der Waals surface area (Å²) in [4.78, 5) is 13.5. The van der Waals surface area contributed by atoms with Crippen LogP contribution in [0.2, 0.25) is 0 Å². The molecule has 0 unspecified atom stereocenters. The van der Waals surface area contributed by atoms with Crippen molar-refractivity contribution in [3.63, 3.8) is 0 Å². The Balaban J connectivity index is 1.18. The molecule has 296 valence electrons. The zero-order chi connectivity index (χ0) is 51.8. The largest absolute Gasteiger partial charge is 0.455 e. The number of halogens is 1. The zero-order valence-corrected chi connectivity index (χ0v) is 33.2. The van der Waals surface area contributed by atoms with Crippen LogP contribution in [0.25, 0.3) is 55.7 Å². The number of benzene rings is 5. The number of hydrogen-bond donors (Lipinski definition) is 0. The molecule has 5 heteroatoms. The fraction of sp³-hybridized carbons (Fsp3) is 0.182. The SMILES string of the molecule is [2H]C([2H])(c1ccc(-c2ccccc2)nc1)C([2H])([2H])c1cc(C([2H])([2H])C([2H])([2H])c2ccc(-c3ccccc3)nc2)cc(C([2H])([2H])C([2H])([2H])c2cnc(-c3cccc4c3oc3cc(F)ccc34)cc2C(C)(C)C)c1. The first kappa shape index (κ1) is 27.1. The Labute approximate surface area is 368 Å². The lowest BCUT2D eigenvalue weighted by Crippen LogP contribution is -2.15. The second kappa shape index (κ2) is 16.9. The molecule has 0 saturated heterocycles. The fourth-order valence-electron chi connectivity index (χ4n) is 7.06. The third kappa shape index (κ3) is 8.67. The first-order chi connectivity index (χ1) is 33.8. The van der Waals surface area contributed by atoms with Crippen LogP contribution in [-0.4, -0.2) is 15.0 Å². The lowest BCUT2D eigenvalue weighted by atomic mass is 9.82. The fourth-order valence-corrected chi connectivity index (χ4v) is 7.06. The average molecular weight is 798 g/mol. The number of pyridine rings is 3. The molecule has 0 atom stereocenters. The molecule has 0 fully saturated rings. The number of nitrogens with zero attached hydrogens (tertiary/aromatic N) is 3. The van der Waals surface area contributed by atoms with Gasteiger partial charge in [0.25, 0.3) is 0 Å². The van der Waals surface area contributed by atoms with E-state index in [9.17, 15) is 20.8 Å². The van der Waals surface area contributed by atoms with Gasteiger partial charge in [0.05, 0.1) is 17.1 Å². The molecule has 0 aliphatic carbocycles. The summed E-state index contributed by atoms with van der Waals surface area (Å²) in [6.07, 6.45) is -14.6. The van der Waals surface area contributed by atoms with Gasteiger partial charge >= 0.3 is 0 Å². The van der Waals surface area contributed by atoms with Crippen molar-refractivity contribution in [2.45, 2.75) is 64.4 Å². The molecule has 4 heterocycles. The Morgan fingerprint density at radius 1 is 0.500 bits per heavy atom. The van der Waals surface area contributed by atoms with E-state index in [1.54, 1.807) is 36.4 Å². The van der Waals surface area contributed by atoms with Crippen LogP contribution < -0.4 is 0 Å². The Morgan fingerprint density at radius 3 is 1.60 bits per heavy atom. The summed E-state index contributed by atoms with van der Waals surface area (Å²) in [5, 5.41) is 1.37. The number of aromatic nitrogens is 3. The molecule has 0 radical (unpaired) electrons. The summed E-state index contributed by atoms with van der Waals surface area (Å²) in [5.41, 5.74) is 1.27.